The average molecular weight is 274 g/mol. The van der Waals surface area contributed by atoms with Crippen molar-refractivity contribution in [3.8, 4) is 0 Å². The van der Waals surface area contributed by atoms with Crippen LogP contribution in [0.1, 0.15) is 5.56 Å². The van der Waals surface area contributed by atoms with Gasteiger partial charge in [0.25, 0.3) is 0 Å². The minimum absolute atomic E-state index is 0.180. The third kappa shape index (κ3) is 2.69. The van der Waals surface area contributed by atoms with Gasteiger partial charge in [-0.05, 0) is 24.6 Å². The van der Waals surface area contributed by atoms with Gasteiger partial charge in [0.15, 0.2) is 5.69 Å². The molecular formula is C12H10N4O4. The van der Waals surface area contributed by atoms with Crippen LogP contribution < -0.4 is 5.32 Å². The Kier molecular flexibility index (Phi) is 3.56. The second kappa shape index (κ2) is 5.31. The molecule has 0 aliphatic carbocycles. The van der Waals surface area contributed by atoms with Gasteiger partial charge in [-0.2, -0.15) is 0 Å². The quantitative estimate of drug-likeness (QED) is 0.677. The summed E-state index contributed by atoms with van der Waals surface area (Å²) in [6.07, 6.45) is 1.95. The largest absolute Gasteiger partial charge is 0.344 e. The molecule has 0 radical (unpaired) electrons. The predicted molar refractivity (Wildman–Crippen MR) is 72.0 cm³/mol. The van der Waals surface area contributed by atoms with Gasteiger partial charge in [0.2, 0.25) is 0 Å². The Morgan fingerprint density at radius 3 is 2.20 bits per heavy atom. The summed E-state index contributed by atoms with van der Waals surface area (Å²) < 4.78 is 0. The molecule has 20 heavy (non-hydrogen) atoms. The summed E-state index contributed by atoms with van der Waals surface area (Å²) in [6.45, 7) is 1.85. The van der Waals surface area contributed by atoms with E-state index in [9.17, 15) is 20.2 Å². The molecule has 1 N–H and O–H groups in total. The van der Waals surface area contributed by atoms with Crippen LogP contribution >= 0.6 is 0 Å². The van der Waals surface area contributed by atoms with Crippen molar-refractivity contribution >= 4 is 22.7 Å². The number of aromatic nitrogens is 1. The van der Waals surface area contributed by atoms with Crippen LogP contribution in [0, 0.1) is 27.2 Å². The number of benzene rings is 1. The molecule has 0 atom stereocenters. The smallest absolute Gasteiger partial charge is 0.317 e. The number of aryl methyl sites for hydroxylation is 1. The van der Waals surface area contributed by atoms with Crippen LogP contribution in [0.2, 0.25) is 0 Å². The Balaban J connectivity index is 2.53. The number of anilines is 2. The third-order valence-electron chi connectivity index (χ3n) is 2.59. The van der Waals surface area contributed by atoms with E-state index in [1.54, 1.807) is 18.2 Å². The van der Waals surface area contributed by atoms with E-state index in [-0.39, 0.29) is 5.69 Å². The number of nitrogens with zero attached hydrogens (tertiary/aromatic N) is 3. The third-order valence-corrected chi connectivity index (χ3v) is 2.59. The molecule has 1 aromatic carbocycles. The van der Waals surface area contributed by atoms with E-state index in [2.05, 4.69) is 10.3 Å². The van der Waals surface area contributed by atoms with E-state index < -0.39 is 21.2 Å². The number of hydrogen-bond acceptors (Lipinski definition) is 6. The van der Waals surface area contributed by atoms with Crippen LogP contribution in [0.15, 0.2) is 36.7 Å². The van der Waals surface area contributed by atoms with Crippen molar-refractivity contribution < 1.29 is 9.85 Å². The summed E-state index contributed by atoms with van der Waals surface area (Å²) in [7, 11) is 0. The highest BCUT2D eigenvalue weighted by molar-refractivity contribution is 5.77. The maximum absolute atomic E-state index is 11.0. The zero-order valence-electron chi connectivity index (χ0n) is 10.4. The maximum Gasteiger partial charge on any atom is 0.317 e. The minimum Gasteiger partial charge on any atom is -0.344 e. The maximum atomic E-state index is 11.0. The Morgan fingerprint density at radius 2 is 1.70 bits per heavy atom. The first-order valence-corrected chi connectivity index (χ1v) is 5.59. The van der Waals surface area contributed by atoms with E-state index in [4.69, 9.17) is 0 Å². The Labute approximate surface area is 113 Å². The summed E-state index contributed by atoms with van der Waals surface area (Å²) in [5, 5.41) is 24.6. The van der Waals surface area contributed by atoms with Crippen LogP contribution in [0.5, 0.6) is 0 Å². The first-order valence-electron chi connectivity index (χ1n) is 5.59. The zero-order chi connectivity index (χ0) is 14.7. The molecule has 0 unspecified atom stereocenters. The molecule has 0 aliphatic heterocycles. The zero-order valence-corrected chi connectivity index (χ0v) is 10.4. The topological polar surface area (TPSA) is 111 Å². The van der Waals surface area contributed by atoms with Crippen LogP contribution in [0.25, 0.3) is 0 Å². The summed E-state index contributed by atoms with van der Waals surface area (Å²) in [5.74, 6) is 0. The lowest BCUT2D eigenvalue weighted by atomic mass is 10.2. The van der Waals surface area contributed by atoms with Crippen molar-refractivity contribution in [2.24, 2.45) is 0 Å². The fourth-order valence-electron chi connectivity index (χ4n) is 1.71. The lowest BCUT2D eigenvalue weighted by molar-refractivity contribution is -0.392. The molecule has 2 rings (SSSR count). The first kappa shape index (κ1) is 13.4. The van der Waals surface area contributed by atoms with Gasteiger partial charge in [0, 0.05) is 5.69 Å². The van der Waals surface area contributed by atoms with Crippen molar-refractivity contribution in [3.05, 3.63) is 62.5 Å². The lowest BCUT2D eigenvalue weighted by Gasteiger charge is -2.07. The van der Waals surface area contributed by atoms with Crippen LogP contribution in [-0.2, 0) is 0 Å². The summed E-state index contributed by atoms with van der Waals surface area (Å²) in [6, 6.07) is 6.99. The van der Waals surface area contributed by atoms with Gasteiger partial charge in [-0.25, -0.2) is 0 Å². The normalized spacial score (nSPS) is 10.1. The molecule has 102 valence electrons. The van der Waals surface area contributed by atoms with E-state index in [1.807, 2.05) is 13.0 Å². The predicted octanol–water partition coefficient (Wildman–Crippen LogP) is 2.95. The monoisotopic (exact) mass is 274 g/mol. The molecule has 0 bridgehead atoms. The van der Waals surface area contributed by atoms with Gasteiger partial charge in [0.1, 0.15) is 12.4 Å². The van der Waals surface area contributed by atoms with Crippen molar-refractivity contribution in [2.45, 2.75) is 6.92 Å². The van der Waals surface area contributed by atoms with E-state index in [1.165, 1.54) is 0 Å². The van der Waals surface area contributed by atoms with Gasteiger partial charge >= 0.3 is 11.4 Å². The van der Waals surface area contributed by atoms with Crippen LogP contribution in [0.3, 0.4) is 0 Å². The van der Waals surface area contributed by atoms with Crippen molar-refractivity contribution in [2.75, 3.05) is 5.32 Å². The summed E-state index contributed by atoms with van der Waals surface area (Å²) >= 11 is 0. The average Bonchev–Trinajstić information content (AvgIpc) is 2.38. The molecule has 2 aromatic rings. The molecule has 1 aromatic heterocycles. The molecule has 1 heterocycles. The van der Waals surface area contributed by atoms with Crippen LogP contribution in [-0.4, -0.2) is 14.8 Å². The van der Waals surface area contributed by atoms with Gasteiger partial charge < -0.3 is 5.32 Å². The standard InChI is InChI=1S/C12H10N4O4/c1-8-3-2-4-9(5-8)14-12-10(15(17)18)6-13-7-11(12)16(19)20/h2-7H,1H3,(H,13,14). The van der Waals surface area contributed by atoms with Crippen molar-refractivity contribution in [3.63, 3.8) is 0 Å². The number of rotatable bonds is 4. The molecule has 0 amide bonds. The van der Waals surface area contributed by atoms with Crippen molar-refractivity contribution in [1.29, 1.82) is 0 Å². The SMILES string of the molecule is Cc1cccc(Nc2c([N+](=O)[O-])cncc2[N+](=O)[O-])c1. The molecule has 0 spiro atoms. The molecule has 8 heteroatoms. The fraction of sp³-hybridized carbons (Fsp3) is 0.0833. The molecule has 0 fully saturated rings. The number of pyridine rings is 1. The summed E-state index contributed by atoms with van der Waals surface area (Å²) in [4.78, 5) is 24.0. The molecule has 0 saturated carbocycles. The number of nitro groups is 2. The van der Waals surface area contributed by atoms with Crippen LogP contribution in [0.4, 0.5) is 22.7 Å². The summed E-state index contributed by atoms with van der Waals surface area (Å²) in [5.41, 5.74) is 0.388. The van der Waals surface area contributed by atoms with Gasteiger partial charge in [0.05, 0.1) is 9.85 Å². The Hall–Kier alpha value is -3.03. The lowest BCUT2D eigenvalue weighted by Crippen LogP contribution is -2.02. The highest BCUT2D eigenvalue weighted by Gasteiger charge is 2.25. The highest BCUT2D eigenvalue weighted by Crippen LogP contribution is 2.35. The minimum atomic E-state index is -0.710. The molecular weight excluding hydrogens is 264 g/mol. The van der Waals surface area contributed by atoms with Gasteiger partial charge in [-0.15, -0.1) is 0 Å². The fourth-order valence-corrected chi connectivity index (χ4v) is 1.71. The second-order valence-electron chi connectivity index (χ2n) is 4.06. The highest BCUT2D eigenvalue weighted by atomic mass is 16.6. The first-order chi connectivity index (χ1) is 9.49. The molecule has 0 saturated heterocycles. The van der Waals surface area contributed by atoms with E-state index >= 15 is 0 Å². The van der Waals surface area contributed by atoms with E-state index in [0.717, 1.165) is 18.0 Å². The van der Waals surface area contributed by atoms with E-state index in [0.29, 0.717) is 5.69 Å². The van der Waals surface area contributed by atoms with Gasteiger partial charge in [-0.1, -0.05) is 12.1 Å². The number of nitrogens with one attached hydrogen (secondary N) is 1. The Bertz CT molecular complexity index is 655. The Morgan fingerprint density at radius 1 is 1.10 bits per heavy atom. The second-order valence-corrected chi connectivity index (χ2v) is 4.06. The molecule has 8 nitrogen and oxygen atoms in total. The number of hydrogen-bond donors (Lipinski definition) is 1. The molecule has 0 aliphatic rings. The van der Waals surface area contributed by atoms with Crippen molar-refractivity contribution in [1.82, 2.24) is 4.98 Å². The van der Waals surface area contributed by atoms with Gasteiger partial charge in [-0.3, -0.25) is 25.2 Å².